The Labute approximate surface area is 76.4 Å². The van der Waals surface area contributed by atoms with Gasteiger partial charge in [0.15, 0.2) is 6.29 Å². The second-order valence-corrected chi connectivity index (χ2v) is 3.07. The Morgan fingerprint density at radius 3 is 2.46 bits per heavy atom. The van der Waals surface area contributed by atoms with E-state index in [0.29, 0.717) is 0 Å². The summed E-state index contributed by atoms with van der Waals surface area (Å²) in [6, 6.07) is -0.747. The fourth-order valence-corrected chi connectivity index (χ4v) is 1.36. The molecule has 0 amide bonds. The van der Waals surface area contributed by atoms with Crippen LogP contribution in [0.5, 0.6) is 0 Å². The minimum absolute atomic E-state index is 0.116. The van der Waals surface area contributed by atoms with Gasteiger partial charge in [-0.05, 0) is 0 Å². The fourth-order valence-electron chi connectivity index (χ4n) is 1.36. The monoisotopic (exact) mass is 192 g/mol. The molecule has 0 aliphatic carbocycles. The van der Waals surface area contributed by atoms with Crippen LogP contribution in [-0.2, 0) is 9.47 Å². The summed E-state index contributed by atoms with van der Waals surface area (Å²) in [5.74, 6) is 0. The van der Waals surface area contributed by atoms with E-state index in [-0.39, 0.29) is 6.54 Å². The maximum atomic E-state index is 9.46. The van der Waals surface area contributed by atoms with Crippen LogP contribution in [0.3, 0.4) is 0 Å². The molecule has 1 aliphatic heterocycles. The molecule has 78 valence electrons. The highest BCUT2D eigenvalue weighted by Crippen LogP contribution is 2.19. The number of hydrogen-bond donors (Lipinski definition) is 4. The molecule has 13 heavy (non-hydrogen) atoms. The lowest BCUT2D eigenvalue weighted by Crippen LogP contribution is -2.62. The van der Waals surface area contributed by atoms with E-state index in [1.54, 1.807) is 0 Å². The first-order valence-electron chi connectivity index (χ1n) is 4.11. The Bertz CT molecular complexity index is 149. The summed E-state index contributed by atoms with van der Waals surface area (Å²) in [5, 5.41) is 18.9. The number of hydrogen-bond acceptors (Lipinski definition) is 6. The van der Waals surface area contributed by atoms with E-state index in [1.807, 2.05) is 0 Å². The molecule has 1 rings (SSSR count). The standard InChI is InChI=1S/C7H16N2O4/c1-12-7-4(9)6(11)5(10)3(2-8)13-7/h3-7,10-11H,2,8-9H2,1H3/t3-,4-,5-,6-,7-/m1/s1. The fraction of sp³-hybridized carbons (Fsp3) is 1.00. The van der Waals surface area contributed by atoms with Gasteiger partial charge in [-0.2, -0.15) is 0 Å². The number of aliphatic hydroxyl groups is 2. The maximum Gasteiger partial charge on any atom is 0.175 e. The number of ether oxygens (including phenoxy) is 2. The molecule has 0 saturated carbocycles. The van der Waals surface area contributed by atoms with Crippen LogP contribution in [0.25, 0.3) is 0 Å². The molecule has 0 unspecified atom stereocenters. The number of nitrogens with two attached hydrogens (primary N) is 2. The molecule has 0 spiro atoms. The van der Waals surface area contributed by atoms with Gasteiger partial charge in [-0.15, -0.1) is 0 Å². The van der Waals surface area contributed by atoms with Gasteiger partial charge in [0, 0.05) is 13.7 Å². The zero-order valence-electron chi connectivity index (χ0n) is 7.46. The summed E-state index contributed by atoms with van der Waals surface area (Å²) in [6.07, 6.45) is -3.45. The van der Waals surface area contributed by atoms with Crippen molar-refractivity contribution in [1.29, 1.82) is 0 Å². The van der Waals surface area contributed by atoms with Crippen molar-refractivity contribution in [3.63, 3.8) is 0 Å². The van der Waals surface area contributed by atoms with Crippen molar-refractivity contribution in [1.82, 2.24) is 0 Å². The molecule has 0 aromatic heterocycles. The first-order valence-corrected chi connectivity index (χ1v) is 4.11. The lowest BCUT2D eigenvalue weighted by molar-refractivity contribution is -0.248. The van der Waals surface area contributed by atoms with Crippen LogP contribution < -0.4 is 11.5 Å². The van der Waals surface area contributed by atoms with Gasteiger partial charge < -0.3 is 31.2 Å². The molecule has 1 fully saturated rings. The smallest absolute Gasteiger partial charge is 0.175 e. The predicted molar refractivity (Wildman–Crippen MR) is 44.7 cm³/mol. The van der Waals surface area contributed by atoms with Crippen molar-refractivity contribution in [2.24, 2.45) is 11.5 Å². The quantitative estimate of drug-likeness (QED) is 0.381. The molecular weight excluding hydrogens is 176 g/mol. The highest BCUT2D eigenvalue weighted by atomic mass is 16.7. The largest absolute Gasteiger partial charge is 0.388 e. The molecule has 1 saturated heterocycles. The summed E-state index contributed by atoms with van der Waals surface area (Å²) in [6.45, 7) is 0.116. The van der Waals surface area contributed by atoms with Crippen molar-refractivity contribution in [2.45, 2.75) is 30.6 Å². The van der Waals surface area contributed by atoms with Crippen LogP contribution in [0.4, 0.5) is 0 Å². The third-order valence-corrected chi connectivity index (χ3v) is 2.21. The number of aliphatic hydroxyl groups excluding tert-OH is 2. The van der Waals surface area contributed by atoms with Gasteiger partial charge in [0.05, 0.1) is 6.04 Å². The molecule has 0 aromatic rings. The second-order valence-electron chi connectivity index (χ2n) is 3.07. The van der Waals surface area contributed by atoms with E-state index in [9.17, 15) is 10.2 Å². The van der Waals surface area contributed by atoms with Gasteiger partial charge in [-0.1, -0.05) is 0 Å². The Morgan fingerprint density at radius 2 is 2.00 bits per heavy atom. The van der Waals surface area contributed by atoms with Crippen molar-refractivity contribution in [3.8, 4) is 0 Å². The van der Waals surface area contributed by atoms with E-state index in [2.05, 4.69) is 0 Å². The summed E-state index contributed by atoms with van der Waals surface area (Å²) in [4.78, 5) is 0. The molecule has 6 N–H and O–H groups in total. The zero-order valence-corrected chi connectivity index (χ0v) is 7.46. The summed E-state index contributed by atoms with van der Waals surface area (Å²) in [5.41, 5.74) is 10.9. The van der Waals surface area contributed by atoms with Crippen molar-refractivity contribution >= 4 is 0 Å². The summed E-state index contributed by atoms with van der Waals surface area (Å²) < 4.78 is 10.1. The summed E-state index contributed by atoms with van der Waals surface area (Å²) in [7, 11) is 1.42. The molecule has 5 atom stereocenters. The Morgan fingerprint density at radius 1 is 1.38 bits per heavy atom. The van der Waals surface area contributed by atoms with Gasteiger partial charge in [-0.3, -0.25) is 0 Å². The maximum absolute atomic E-state index is 9.46. The van der Waals surface area contributed by atoms with Gasteiger partial charge in [0.25, 0.3) is 0 Å². The first kappa shape index (κ1) is 10.8. The van der Waals surface area contributed by atoms with E-state index in [1.165, 1.54) is 7.11 Å². The highest BCUT2D eigenvalue weighted by Gasteiger charge is 2.42. The van der Waals surface area contributed by atoms with E-state index >= 15 is 0 Å². The third-order valence-electron chi connectivity index (χ3n) is 2.21. The van der Waals surface area contributed by atoms with E-state index in [0.717, 1.165) is 0 Å². The predicted octanol–water partition coefficient (Wildman–Crippen LogP) is -2.63. The molecule has 0 aromatic carbocycles. The van der Waals surface area contributed by atoms with Crippen molar-refractivity contribution < 1.29 is 19.7 Å². The lowest BCUT2D eigenvalue weighted by Gasteiger charge is -2.40. The second kappa shape index (κ2) is 4.32. The Kier molecular flexibility index (Phi) is 3.60. The van der Waals surface area contributed by atoms with Gasteiger partial charge in [-0.25, -0.2) is 0 Å². The topological polar surface area (TPSA) is 111 Å². The highest BCUT2D eigenvalue weighted by molar-refractivity contribution is 4.91. The average molecular weight is 192 g/mol. The number of methoxy groups -OCH3 is 1. The minimum Gasteiger partial charge on any atom is -0.388 e. The third kappa shape index (κ3) is 1.98. The van der Waals surface area contributed by atoms with Gasteiger partial charge in [0.1, 0.15) is 18.3 Å². The van der Waals surface area contributed by atoms with E-state index < -0.39 is 30.6 Å². The molecule has 1 aliphatic rings. The van der Waals surface area contributed by atoms with Crippen LogP contribution in [0.1, 0.15) is 0 Å². The Hall–Kier alpha value is -0.240. The van der Waals surface area contributed by atoms with Crippen LogP contribution in [-0.4, -0.2) is 54.5 Å². The molecule has 0 bridgehead atoms. The average Bonchev–Trinajstić information content (AvgIpc) is 2.15. The van der Waals surface area contributed by atoms with Crippen LogP contribution >= 0.6 is 0 Å². The first-order chi connectivity index (χ1) is 6.11. The molecular formula is C7H16N2O4. The molecule has 0 radical (unpaired) electrons. The van der Waals surface area contributed by atoms with Crippen molar-refractivity contribution in [3.05, 3.63) is 0 Å². The summed E-state index contributed by atoms with van der Waals surface area (Å²) >= 11 is 0. The van der Waals surface area contributed by atoms with Crippen LogP contribution in [0.2, 0.25) is 0 Å². The van der Waals surface area contributed by atoms with Gasteiger partial charge >= 0.3 is 0 Å². The minimum atomic E-state index is -1.06. The number of rotatable bonds is 2. The lowest BCUT2D eigenvalue weighted by atomic mass is 9.97. The molecule has 6 heteroatoms. The molecule has 1 heterocycles. The zero-order chi connectivity index (χ0) is 10.0. The van der Waals surface area contributed by atoms with Gasteiger partial charge in [0.2, 0.25) is 0 Å². The molecule has 6 nitrogen and oxygen atoms in total. The van der Waals surface area contributed by atoms with Crippen LogP contribution in [0.15, 0.2) is 0 Å². The Balaban J connectivity index is 2.66. The SMILES string of the molecule is CO[C@@H]1O[C@H](CN)[C@@H](O)[C@H](O)[C@H]1N. The normalized spacial score (nSPS) is 46.4. The van der Waals surface area contributed by atoms with Crippen LogP contribution in [0, 0.1) is 0 Å². The van der Waals surface area contributed by atoms with E-state index in [4.69, 9.17) is 20.9 Å². The van der Waals surface area contributed by atoms with Crippen molar-refractivity contribution in [2.75, 3.05) is 13.7 Å².